The summed E-state index contributed by atoms with van der Waals surface area (Å²) in [7, 11) is 0. The molecule has 14 heavy (non-hydrogen) atoms. The van der Waals surface area contributed by atoms with E-state index in [9.17, 15) is 4.79 Å². The average Bonchev–Trinajstić information content (AvgIpc) is 2.28. The van der Waals surface area contributed by atoms with Gasteiger partial charge in [-0.05, 0) is 39.3 Å². The van der Waals surface area contributed by atoms with Gasteiger partial charge in [-0.15, -0.1) is 0 Å². The second kappa shape index (κ2) is 4.75. The second-order valence-corrected chi connectivity index (χ2v) is 4.15. The van der Waals surface area contributed by atoms with E-state index in [4.69, 9.17) is 5.84 Å². The lowest BCUT2D eigenvalue weighted by Gasteiger charge is -2.41. The molecule has 1 heterocycles. The molecule has 0 radical (unpaired) electrons. The zero-order valence-electron chi connectivity index (χ0n) is 9.18. The Balaban J connectivity index is 2.71. The van der Waals surface area contributed by atoms with Gasteiger partial charge in [0.2, 0.25) is 0 Å². The summed E-state index contributed by atoms with van der Waals surface area (Å²) in [5.74, 6) is 5.15. The summed E-state index contributed by atoms with van der Waals surface area (Å²) in [5.41, 5.74) is 1.85. The van der Waals surface area contributed by atoms with E-state index in [1.165, 1.54) is 19.3 Å². The Bertz CT molecular complexity index is 202. The zero-order chi connectivity index (χ0) is 10.6. The number of likely N-dealkylation sites (tertiary alicyclic amines) is 1. The van der Waals surface area contributed by atoms with Gasteiger partial charge in [0, 0.05) is 0 Å². The van der Waals surface area contributed by atoms with E-state index in [2.05, 4.69) is 10.3 Å². The fraction of sp³-hybridized carbons (Fsp3) is 0.900. The summed E-state index contributed by atoms with van der Waals surface area (Å²) in [6.07, 6.45) is 4.46. The minimum atomic E-state index is -0.421. The number of rotatable bonds is 3. The van der Waals surface area contributed by atoms with Crippen LogP contribution < -0.4 is 11.3 Å². The highest BCUT2D eigenvalue weighted by Gasteiger charge is 2.37. The molecule has 1 amide bonds. The summed E-state index contributed by atoms with van der Waals surface area (Å²) >= 11 is 0. The molecular weight excluding hydrogens is 178 g/mol. The van der Waals surface area contributed by atoms with Gasteiger partial charge in [0.05, 0.1) is 5.54 Å². The van der Waals surface area contributed by atoms with Crippen LogP contribution in [0.1, 0.15) is 39.5 Å². The average molecular weight is 199 g/mol. The van der Waals surface area contributed by atoms with Gasteiger partial charge in [0.15, 0.2) is 0 Å². The number of amides is 1. The predicted molar refractivity (Wildman–Crippen MR) is 56.5 cm³/mol. The normalized spacial score (nSPS) is 22.8. The molecule has 0 aromatic rings. The fourth-order valence-electron chi connectivity index (χ4n) is 2.07. The van der Waals surface area contributed by atoms with Crippen molar-refractivity contribution in [3.8, 4) is 0 Å². The van der Waals surface area contributed by atoms with Gasteiger partial charge >= 0.3 is 0 Å². The minimum Gasteiger partial charge on any atom is -0.293 e. The summed E-state index contributed by atoms with van der Waals surface area (Å²) < 4.78 is 0. The van der Waals surface area contributed by atoms with Crippen LogP contribution in [0.5, 0.6) is 0 Å². The number of hydrogen-bond acceptors (Lipinski definition) is 3. The van der Waals surface area contributed by atoms with Crippen LogP contribution in [0, 0.1) is 0 Å². The van der Waals surface area contributed by atoms with Crippen molar-refractivity contribution in [2.24, 2.45) is 5.84 Å². The number of nitrogens with zero attached hydrogens (tertiary/aromatic N) is 1. The van der Waals surface area contributed by atoms with Crippen molar-refractivity contribution < 1.29 is 4.79 Å². The molecule has 1 atom stereocenters. The zero-order valence-corrected chi connectivity index (χ0v) is 9.18. The van der Waals surface area contributed by atoms with Crippen molar-refractivity contribution in [2.45, 2.75) is 45.1 Å². The third kappa shape index (κ3) is 2.07. The van der Waals surface area contributed by atoms with Crippen LogP contribution in [-0.4, -0.2) is 29.4 Å². The van der Waals surface area contributed by atoms with Crippen LogP contribution in [0.2, 0.25) is 0 Å². The fourth-order valence-corrected chi connectivity index (χ4v) is 2.07. The SMILES string of the molecule is CC[C@@](C)(C(=O)NN)N1CCCCC1. The molecule has 1 fully saturated rings. The topological polar surface area (TPSA) is 58.4 Å². The monoisotopic (exact) mass is 199 g/mol. The molecule has 0 aliphatic carbocycles. The molecule has 1 aliphatic rings. The molecule has 82 valence electrons. The lowest BCUT2D eigenvalue weighted by atomic mass is 9.92. The maximum atomic E-state index is 11.7. The van der Waals surface area contributed by atoms with Crippen LogP contribution in [0.3, 0.4) is 0 Å². The number of hydrogen-bond donors (Lipinski definition) is 2. The van der Waals surface area contributed by atoms with E-state index in [0.717, 1.165) is 19.5 Å². The number of nitrogens with two attached hydrogens (primary N) is 1. The molecule has 0 unspecified atom stereocenters. The first kappa shape index (κ1) is 11.5. The van der Waals surface area contributed by atoms with E-state index in [-0.39, 0.29) is 5.91 Å². The molecule has 0 aromatic carbocycles. The van der Waals surface area contributed by atoms with E-state index in [1.54, 1.807) is 0 Å². The van der Waals surface area contributed by atoms with Crippen LogP contribution >= 0.6 is 0 Å². The molecule has 1 aliphatic heterocycles. The number of piperidine rings is 1. The van der Waals surface area contributed by atoms with Crippen LogP contribution in [0.25, 0.3) is 0 Å². The third-order valence-electron chi connectivity index (χ3n) is 3.36. The highest BCUT2D eigenvalue weighted by Crippen LogP contribution is 2.23. The minimum absolute atomic E-state index is 0.0677. The van der Waals surface area contributed by atoms with E-state index >= 15 is 0 Å². The molecule has 4 heteroatoms. The standard InChI is InChI=1S/C10H21N3O/c1-3-10(2,9(14)12-11)13-7-5-4-6-8-13/h3-8,11H2,1-2H3,(H,12,14)/t10-/m0/s1. The molecule has 0 spiro atoms. The summed E-state index contributed by atoms with van der Waals surface area (Å²) in [6.45, 7) is 6.03. The third-order valence-corrected chi connectivity index (χ3v) is 3.36. The second-order valence-electron chi connectivity index (χ2n) is 4.15. The Morgan fingerprint density at radius 2 is 2.00 bits per heavy atom. The molecule has 0 saturated carbocycles. The predicted octanol–water partition coefficient (Wildman–Crippen LogP) is 0.631. The highest BCUT2D eigenvalue weighted by atomic mass is 16.2. The molecule has 1 saturated heterocycles. The van der Waals surface area contributed by atoms with Gasteiger partial charge in [-0.25, -0.2) is 5.84 Å². The quantitative estimate of drug-likeness (QED) is 0.398. The first-order chi connectivity index (χ1) is 6.65. The van der Waals surface area contributed by atoms with Gasteiger partial charge in [-0.1, -0.05) is 13.3 Å². The van der Waals surface area contributed by atoms with Crippen LogP contribution in [-0.2, 0) is 4.79 Å². The number of carbonyl (C=O) groups is 1. The van der Waals surface area contributed by atoms with Crippen LogP contribution in [0.4, 0.5) is 0 Å². The molecule has 0 aromatic heterocycles. The van der Waals surface area contributed by atoms with Crippen molar-refractivity contribution in [1.29, 1.82) is 0 Å². The van der Waals surface area contributed by atoms with Crippen molar-refractivity contribution in [1.82, 2.24) is 10.3 Å². The Hall–Kier alpha value is -0.610. The van der Waals surface area contributed by atoms with Crippen molar-refractivity contribution in [3.05, 3.63) is 0 Å². The highest BCUT2D eigenvalue weighted by molar-refractivity contribution is 5.85. The Morgan fingerprint density at radius 3 is 2.43 bits per heavy atom. The number of hydrazine groups is 1. The van der Waals surface area contributed by atoms with Crippen molar-refractivity contribution in [2.75, 3.05) is 13.1 Å². The number of carbonyl (C=O) groups excluding carboxylic acids is 1. The summed E-state index contributed by atoms with van der Waals surface area (Å²) in [5, 5.41) is 0. The smallest absolute Gasteiger partial charge is 0.254 e. The van der Waals surface area contributed by atoms with Crippen LogP contribution in [0.15, 0.2) is 0 Å². The van der Waals surface area contributed by atoms with Gasteiger partial charge in [0.1, 0.15) is 0 Å². The molecule has 4 nitrogen and oxygen atoms in total. The van der Waals surface area contributed by atoms with E-state index in [1.807, 2.05) is 13.8 Å². The van der Waals surface area contributed by atoms with Crippen molar-refractivity contribution >= 4 is 5.91 Å². The molecule has 0 bridgehead atoms. The Morgan fingerprint density at radius 1 is 1.43 bits per heavy atom. The Kier molecular flexibility index (Phi) is 3.89. The summed E-state index contributed by atoms with van der Waals surface area (Å²) in [4.78, 5) is 13.9. The first-order valence-corrected chi connectivity index (χ1v) is 5.41. The van der Waals surface area contributed by atoms with Gasteiger partial charge < -0.3 is 0 Å². The Labute approximate surface area is 85.8 Å². The maximum absolute atomic E-state index is 11.7. The lowest BCUT2D eigenvalue weighted by Crippen LogP contribution is -2.59. The van der Waals surface area contributed by atoms with Gasteiger partial charge in [0.25, 0.3) is 5.91 Å². The van der Waals surface area contributed by atoms with Gasteiger partial charge in [-0.3, -0.25) is 15.1 Å². The lowest BCUT2D eigenvalue weighted by molar-refractivity contribution is -0.133. The first-order valence-electron chi connectivity index (χ1n) is 5.41. The molecule has 3 N–H and O–H groups in total. The number of nitrogens with one attached hydrogen (secondary N) is 1. The van der Waals surface area contributed by atoms with Crippen molar-refractivity contribution in [3.63, 3.8) is 0 Å². The van der Waals surface area contributed by atoms with E-state index in [0.29, 0.717) is 0 Å². The van der Waals surface area contributed by atoms with Gasteiger partial charge in [-0.2, -0.15) is 0 Å². The summed E-state index contributed by atoms with van der Waals surface area (Å²) in [6, 6.07) is 0. The largest absolute Gasteiger partial charge is 0.293 e. The maximum Gasteiger partial charge on any atom is 0.254 e. The molecule has 1 rings (SSSR count). The molecular formula is C10H21N3O. The van der Waals surface area contributed by atoms with E-state index < -0.39 is 5.54 Å².